The van der Waals surface area contributed by atoms with Crippen LogP contribution in [0.1, 0.15) is 17.3 Å². The van der Waals surface area contributed by atoms with Gasteiger partial charge in [-0.05, 0) is 19.1 Å². The fourth-order valence-corrected chi connectivity index (χ4v) is 1.40. The maximum absolute atomic E-state index is 11.6. The molecule has 1 aromatic rings. The molecular weight excluding hydrogens is 278 g/mol. The second-order valence-electron chi connectivity index (χ2n) is 3.79. The van der Waals surface area contributed by atoms with Crippen molar-refractivity contribution in [1.29, 1.82) is 0 Å². The molecule has 21 heavy (non-hydrogen) atoms. The molecule has 0 fully saturated rings. The van der Waals surface area contributed by atoms with E-state index >= 15 is 0 Å². The summed E-state index contributed by atoms with van der Waals surface area (Å²) < 4.78 is 9.17. The number of carbonyl (C=O) groups is 2. The van der Waals surface area contributed by atoms with Crippen molar-refractivity contribution in [2.75, 3.05) is 19.6 Å². The number of ether oxygens (including phenoxy) is 2. The molecule has 0 saturated heterocycles. The van der Waals surface area contributed by atoms with Gasteiger partial charge in [-0.25, -0.2) is 9.59 Å². The molecule has 1 rings (SSSR count). The van der Waals surface area contributed by atoms with Crippen molar-refractivity contribution >= 4 is 29.0 Å². The van der Waals surface area contributed by atoms with Crippen molar-refractivity contribution in [1.82, 2.24) is 0 Å². The third kappa shape index (κ3) is 4.03. The maximum atomic E-state index is 11.6. The Hall–Kier alpha value is -2.90. The molecule has 0 aliphatic rings. The summed E-state index contributed by atoms with van der Waals surface area (Å²) in [4.78, 5) is 23.1. The van der Waals surface area contributed by atoms with Crippen molar-refractivity contribution in [2.45, 2.75) is 6.92 Å². The predicted octanol–water partition coefficient (Wildman–Crippen LogP) is 1.26. The van der Waals surface area contributed by atoms with E-state index in [0.717, 1.165) is 0 Å². The molecular formula is C13H15N3O5. The molecule has 0 radical (unpaired) electrons. The highest BCUT2D eigenvalue weighted by atomic mass is 16.5. The highest BCUT2D eigenvalue weighted by Crippen LogP contribution is 2.16. The summed E-state index contributed by atoms with van der Waals surface area (Å²) in [6.07, 6.45) is 0. The van der Waals surface area contributed by atoms with Crippen LogP contribution in [0.2, 0.25) is 0 Å². The van der Waals surface area contributed by atoms with Gasteiger partial charge in [0.15, 0.2) is 5.71 Å². The van der Waals surface area contributed by atoms with Crippen LogP contribution in [0.4, 0.5) is 5.69 Å². The van der Waals surface area contributed by atoms with Crippen LogP contribution in [0.25, 0.3) is 0 Å². The van der Waals surface area contributed by atoms with Crippen molar-refractivity contribution < 1.29 is 24.3 Å². The fraction of sp³-hybridized carbons (Fsp3) is 0.231. The highest BCUT2D eigenvalue weighted by molar-refractivity contribution is 6.65. The van der Waals surface area contributed by atoms with Crippen LogP contribution in [0.15, 0.2) is 34.5 Å². The Kier molecular flexibility index (Phi) is 5.87. The first kappa shape index (κ1) is 16.2. The number of oxime groups is 1. The van der Waals surface area contributed by atoms with Crippen LogP contribution in [-0.4, -0.2) is 42.8 Å². The quantitative estimate of drug-likeness (QED) is 0.366. The Labute approximate surface area is 121 Å². The Morgan fingerprint density at radius 3 is 2.43 bits per heavy atom. The zero-order chi connectivity index (χ0) is 15.8. The molecule has 8 heteroatoms. The highest BCUT2D eigenvalue weighted by Gasteiger charge is 2.17. The number of anilines is 1. The number of nitrogens with zero attached hydrogens (tertiary/aromatic N) is 2. The number of hydrazone groups is 1. The molecule has 0 amide bonds. The molecule has 0 atom stereocenters. The minimum Gasteiger partial charge on any atom is -0.465 e. The minimum atomic E-state index is -0.784. The lowest BCUT2D eigenvalue weighted by molar-refractivity contribution is -0.132. The van der Waals surface area contributed by atoms with E-state index in [1.165, 1.54) is 27.2 Å². The Morgan fingerprint density at radius 1 is 1.19 bits per heavy atom. The van der Waals surface area contributed by atoms with Crippen LogP contribution in [-0.2, 0) is 14.3 Å². The zero-order valence-corrected chi connectivity index (χ0v) is 11.8. The van der Waals surface area contributed by atoms with E-state index in [1.807, 2.05) is 0 Å². The number of hydrogen-bond acceptors (Lipinski definition) is 8. The van der Waals surface area contributed by atoms with E-state index in [4.69, 9.17) is 5.21 Å². The minimum absolute atomic E-state index is 0.0371. The number of rotatable bonds is 5. The Balaban J connectivity index is 3.12. The first-order valence-corrected chi connectivity index (χ1v) is 5.83. The Morgan fingerprint density at radius 2 is 1.86 bits per heavy atom. The molecule has 112 valence electrons. The third-order valence-corrected chi connectivity index (χ3v) is 2.49. The van der Waals surface area contributed by atoms with E-state index in [0.29, 0.717) is 5.69 Å². The van der Waals surface area contributed by atoms with Gasteiger partial charge in [-0.3, -0.25) is 5.43 Å². The molecule has 0 aliphatic heterocycles. The van der Waals surface area contributed by atoms with Gasteiger partial charge in [0.25, 0.3) is 0 Å². The normalized spacial score (nSPS) is 11.8. The predicted molar refractivity (Wildman–Crippen MR) is 75.8 cm³/mol. The first-order valence-electron chi connectivity index (χ1n) is 5.83. The van der Waals surface area contributed by atoms with E-state index < -0.39 is 11.9 Å². The average molecular weight is 293 g/mol. The summed E-state index contributed by atoms with van der Waals surface area (Å²) >= 11 is 0. The van der Waals surface area contributed by atoms with Gasteiger partial charge in [0, 0.05) is 0 Å². The van der Waals surface area contributed by atoms with E-state index in [2.05, 4.69) is 25.2 Å². The number of para-hydroxylation sites is 1. The van der Waals surface area contributed by atoms with Crippen molar-refractivity contribution in [3.63, 3.8) is 0 Å². The number of carbonyl (C=O) groups excluding carboxylic acids is 2. The largest absolute Gasteiger partial charge is 0.465 e. The summed E-state index contributed by atoms with van der Waals surface area (Å²) in [6.45, 7) is 1.38. The summed E-state index contributed by atoms with van der Waals surface area (Å²) in [5.74, 6) is -1.34. The molecule has 0 spiro atoms. The number of hydrogen-bond donors (Lipinski definition) is 2. The SMILES string of the molecule is COC(=O)C(=N\Nc1ccccc1C(=O)OC)/C(C)=N/O. The number of benzene rings is 1. The third-order valence-electron chi connectivity index (χ3n) is 2.49. The van der Waals surface area contributed by atoms with Gasteiger partial charge in [-0.1, -0.05) is 17.3 Å². The van der Waals surface area contributed by atoms with Gasteiger partial charge >= 0.3 is 11.9 Å². The molecule has 1 aromatic carbocycles. The van der Waals surface area contributed by atoms with E-state index in [-0.39, 0.29) is 17.0 Å². The molecule has 8 nitrogen and oxygen atoms in total. The Bertz CT molecular complexity index is 595. The van der Waals surface area contributed by atoms with Gasteiger partial charge in [-0.15, -0.1) is 0 Å². The van der Waals surface area contributed by atoms with Crippen LogP contribution in [0, 0.1) is 0 Å². The first-order chi connectivity index (χ1) is 10.0. The van der Waals surface area contributed by atoms with Gasteiger partial charge in [0.1, 0.15) is 5.71 Å². The molecule has 0 saturated carbocycles. The smallest absolute Gasteiger partial charge is 0.360 e. The van der Waals surface area contributed by atoms with Crippen LogP contribution in [0.5, 0.6) is 0 Å². The fourth-order valence-electron chi connectivity index (χ4n) is 1.40. The lowest BCUT2D eigenvalue weighted by Crippen LogP contribution is -2.25. The average Bonchev–Trinajstić information content (AvgIpc) is 2.53. The second-order valence-corrected chi connectivity index (χ2v) is 3.79. The van der Waals surface area contributed by atoms with Crippen molar-refractivity contribution in [3.8, 4) is 0 Å². The van der Waals surface area contributed by atoms with E-state index in [1.54, 1.807) is 18.2 Å². The van der Waals surface area contributed by atoms with Crippen molar-refractivity contribution in [3.05, 3.63) is 29.8 Å². The topological polar surface area (TPSA) is 110 Å². The van der Waals surface area contributed by atoms with Crippen LogP contribution in [0.3, 0.4) is 0 Å². The number of nitrogens with one attached hydrogen (secondary N) is 1. The van der Waals surface area contributed by atoms with Gasteiger partial charge in [0.05, 0.1) is 25.5 Å². The van der Waals surface area contributed by atoms with Crippen molar-refractivity contribution in [2.24, 2.45) is 10.3 Å². The molecule has 0 bridgehead atoms. The summed E-state index contributed by atoms with van der Waals surface area (Å²) in [5.41, 5.74) is 2.87. The van der Waals surface area contributed by atoms with E-state index in [9.17, 15) is 9.59 Å². The molecule has 0 unspecified atom stereocenters. The monoisotopic (exact) mass is 293 g/mol. The molecule has 0 aromatic heterocycles. The lowest BCUT2D eigenvalue weighted by atomic mass is 10.2. The zero-order valence-electron chi connectivity index (χ0n) is 11.8. The van der Waals surface area contributed by atoms with Gasteiger partial charge < -0.3 is 14.7 Å². The number of esters is 2. The molecule has 0 heterocycles. The summed E-state index contributed by atoms with van der Waals surface area (Å²) in [5, 5.41) is 15.4. The van der Waals surface area contributed by atoms with Gasteiger partial charge in [-0.2, -0.15) is 5.10 Å². The van der Waals surface area contributed by atoms with Crippen LogP contribution >= 0.6 is 0 Å². The van der Waals surface area contributed by atoms with Gasteiger partial charge in [0.2, 0.25) is 0 Å². The summed E-state index contributed by atoms with van der Waals surface area (Å²) in [6, 6.07) is 6.45. The standard InChI is InChI=1S/C13H15N3O5/c1-8(16-19)11(13(18)21-3)15-14-10-7-5-4-6-9(10)12(17)20-2/h4-7,14,19H,1-3H3/b15-11-,16-8+. The maximum Gasteiger partial charge on any atom is 0.360 e. The lowest BCUT2D eigenvalue weighted by Gasteiger charge is -2.08. The number of methoxy groups -OCH3 is 2. The molecule has 0 aliphatic carbocycles. The summed E-state index contributed by atoms with van der Waals surface area (Å²) in [7, 11) is 2.43. The molecule has 2 N–H and O–H groups in total. The second kappa shape index (κ2) is 7.63. The van der Waals surface area contributed by atoms with Crippen LogP contribution < -0.4 is 5.43 Å².